The quantitative estimate of drug-likeness (QED) is 0.697. The molecule has 0 amide bonds. The zero-order valence-electron chi connectivity index (χ0n) is 13.3. The monoisotopic (exact) mass is 358 g/mol. The van der Waals surface area contributed by atoms with E-state index in [1.807, 2.05) is 12.2 Å². The molecule has 0 atom stereocenters. The smallest absolute Gasteiger partial charge is 0.263 e. The number of halogens is 1. The van der Waals surface area contributed by atoms with E-state index < -0.39 is 10.0 Å². The lowest BCUT2D eigenvalue weighted by Crippen LogP contribution is -2.13. The topological polar surface area (TPSA) is 72.2 Å². The number of hydrogen-bond donors (Lipinski definition) is 1. The molecule has 0 aliphatic carbocycles. The fourth-order valence-corrected chi connectivity index (χ4v) is 3.12. The van der Waals surface area contributed by atoms with Crippen molar-refractivity contribution in [2.45, 2.75) is 11.8 Å². The predicted molar refractivity (Wildman–Crippen MR) is 93.8 cm³/mol. The van der Waals surface area contributed by atoms with Gasteiger partial charge in [0.1, 0.15) is 11.6 Å². The van der Waals surface area contributed by atoms with E-state index in [0.717, 1.165) is 11.1 Å². The molecule has 0 saturated heterocycles. The molecule has 3 rings (SSSR count). The maximum Gasteiger partial charge on any atom is 0.263 e. The van der Waals surface area contributed by atoms with Gasteiger partial charge in [0.05, 0.1) is 4.90 Å². The first-order valence-electron chi connectivity index (χ1n) is 7.42. The summed E-state index contributed by atoms with van der Waals surface area (Å²) in [7, 11) is -3.73. The second-order valence-electron chi connectivity index (χ2n) is 5.38. The summed E-state index contributed by atoms with van der Waals surface area (Å²) in [5.74, 6) is 0.360. The van der Waals surface area contributed by atoms with Crippen LogP contribution in [0.3, 0.4) is 0 Å². The number of aromatic nitrogens is 1. The summed E-state index contributed by atoms with van der Waals surface area (Å²) in [6.07, 6.45) is 3.64. The minimum Gasteiger partial charge on any atom is -0.360 e. The van der Waals surface area contributed by atoms with Crippen LogP contribution in [-0.2, 0) is 10.0 Å². The summed E-state index contributed by atoms with van der Waals surface area (Å²) in [6.45, 7) is 1.67. The van der Waals surface area contributed by atoms with Gasteiger partial charge in [-0.1, -0.05) is 41.6 Å². The predicted octanol–water partition coefficient (Wildman–Crippen LogP) is 4.09. The Morgan fingerprint density at radius 2 is 1.56 bits per heavy atom. The van der Waals surface area contributed by atoms with Crippen LogP contribution in [0.4, 0.5) is 10.2 Å². The fourth-order valence-electron chi connectivity index (χ4n) is 2.14. The van der Waals surface area contributed by atoms with Gasteiger partial charge in [-0.05, 0) is 42.3 Å². The number of nitrogens with one attached hydrogen (secondary N) is 1. The Kier molecular flexibility index (Phi) is 4.67. The molecular formula is C18H15FN2O3S. The average Bonchev–Trinajstić information content (AvgIpc) is 2.99. The number of benzene rings is 2. The second-order valence-corrected chi connectivity index (χ2v) is 7.06. The summed E-state index contributed by atoms with van der Waals surface area (Å²) < 4.78 is 44.6. The standard InChI is InChI=1S/C18H15FN2O3S/c1-13-12-18(20-24-13)21-25(22,23)17-10-6-15(7-11-17)3-2-14-4-8-16(19)9-5-14/h2-12H,1H3,(H,20,21)/b3-2+. The highest BCUT2D eigenvalue weighted by Gasteiger charge is 2.15. The molecule has 0 saturated carbocycles. The molecule has 1 heterocycles. The summed E-state index contributed by atoms with van der Waals surface area (Å²) in [5.41, 5.74) is 1.67. The Morgan fingerprint density at radius 3 is 2.08 bits per heavy atom. The first-order valence-corrected chi connectivity index (χ1v) is 8.90. The number of aryl methyl sites for hydroxylation is 1. The second kappa shape index (κ2) is 6.90. The molecule has 0 unspecified atom stereocenters. The highest BCUT2D eigenvalue weighted by molar-refractivity contribution is 7.92. The summed E-state index contributed by atoms with van der Waals surface area (Å²) in [6, 6.07) is 13.9. The number of hydrogen-bond acceptors (Lipinski definition) is 4. The highest BCUT2D eigenvalue weighted by Crippen LogP contribution is 2.17. The molecule has 0 fully saturated rings. The zero-order chi connectivity index (χ0) is 17.9. The van der Waals surface area contributed by atoms with Gasteiger partial charge in [-0.25, -0.2) is 12.8 Å². The molecular weight excluding hydrogens is 343 g/mol. The van der Waals surface area contributed by atoms with Crippen LogP contribution in [0.5, 0.6) is 0 Å². The lowest BCUT2D eigenvalue weighted by atomic mass is 10.1. The molecule has 25 heavy (non-hydrogen) atoms. The van der Waals surface area contributed by atoms with Gasteiger partial charge in [0.25, 0.3) is 10.0 Å². The van der Waals surface area contributed by atoms with Crippen LogP contribution in [0.15, 0.2) is 64.0 Å². The van der Waals surface area contributed by atoms with Crippen LogP contribution in [0.2, 0.25) is 0 Å². The van der Waals surface area contributed by atoms with Gasteiger partial charge in [-0.2, -0.15) is 0 Å². The molecule has 0 spiro atoms. The van der Waals surface area contributed by atoms with E-state index >= 15 is 0 Å². The molecule has 1 N–H and O–H groups in total. The fraction of sp³-hybridized carbons (Fsp3) is 0.0556. The maximum absolute atomic E-state index is 12.9. The van der Waals surface area contributed by atoms with E-state index in [9.17, 15) is 12.8 Å². The minimum absolute atomic E-state index is 0.118. The van der Waals surface area contributed by atoms with Crippen molar-refractivity contribution in [1.82, 2.24) is 5.16 Å². The molecule has 5 nitrogen and oxygen atoms in total. The van der Waals surface area contributed by atoms with Crippen LogP contribution in [-0.4, -0.2) is 13.6 Å². The summed E-state index contributed by atoms with van der Waals surface area (Å²) >= 11 is 0. The van der Waals surface area contributed by atoms with Crippen molar-refractivity contribution in [1.29, 1.82) is 0 Å². The third-order valence-electron chi connectivity index (χ3n) is 3.40. The van der Waals surface area contributed by atoms with Gasteiger partial charge in [0.2, 0.25) is 0 Å². The Labute approximate surface area is 144 Å². The molecule has 3 aromatic rings. The Hall–Kier alpha value is -2.93. The SMILES string of the molecule is Cc1cc(NS(=O)(=O)c2ccc(/C=C/c3ccc(F)cc3)cc2)no1. The first kappa shape index (κ1) is 16.9. The third kappa shape index (κ3) is 4.33. The first-order chi connectivity index (χ1) is 11.9. The number of anilines is 1. The van der Waals surface area contributed by atoms with Crippen LogP contribution < -0.4 is 4.72 Å². The van der Waals surface area contributed by atoms with E-state index in [-0.39, 0.29) is 16.5 Å². The van der Waals surface area contributed by atoms with E-state index in [0.29, 0.717) is 5.76 Å². The van der Waals surface area contributed by atoms with E-state index in [2.05, 4.69) is 9.88 Å². The number of rotatable bonds is 5. The van der Waals surface area contributed by atoms with Crippen molar-refractivity contribution in [3.8, 4) is 0 Å². The maximum atomic E-state index is 12.9. The average molecular weight is 358 g/mol. The van der Waals surface area contributed by atoms with E-state index in [4.69, 9.17) is 4.52 Å². The van der Waals surface area contributed by atoms with Crippen molar-refractivity contribution >= 4 is 28.0 Å². The molecule has 1 aromatic heterocycles. The molecule has 128 valence electrons. The highest BCUT2D eigenvalue weighted by atomic mass is 32.2. The molecule has 0 radical (unpaired) electrons. The van der Waals surface area contributed by atoms with Crippen LogP contribution in [0.25, 0.3) is 12.2 Å². The molecule has 7 heteroatoms. The van der Waals surface area contributed by atoms with Gasteiger partial charge in [0, 0.05) is 6.07 Å². The lowest BCUT2D eigenvalue weighted by molar-refractivity contribution is 0.400. The van der Waals surface area contributed by atoms with Crippen molar-refractivity contribution in [2.75, 3.05) is 4.72 Å². The molecule has 0 aliphatic rings. The van der Waals surface area contributed by atoms with Gasteiger partial charge < -0.3 is 4.52 Å². The Bertz CT molecular complexity index is 992. The third-order valence-corrected chi connectivity index (χ3v) is 4.77. The largest absolute Gasteiger partial charge is 0.360 e. The van der Waals surface area contributed by atoms with Gasteiger partial charge in [0.15, 0.2) is 5.82 Å². The molecule has 0 aliphatic heterocycles. The van der Waals surface area contributed by atoms with Gasteiger partial charge >= 0.3 is 0 Å². The van der Waals surface area contributed by atoms with Crippen molar-refractivity contribution in [3.63, 3.8) is 0 Å². The van der Waals surface area contributed by atoms with Crippen LogP contribution in [0.1, 0.15) is 16.9 Å². The minimum atomic E-state index is -3.73. The normalized spacial score (nSPS) is 11.8. The van der Waals surface area contributed by atoms with Gasteiger partial charge in [-0.15, -0.1) is 0 Å². The zero-order valence-corrected chi connectivity index (χ0v) is 14.1. The Morgan fingerprint density at radius 1 is 1.00 bits per heavy atom. The number of sulfonamides is 1. The van der Waals surface area contributed by atoms with Crippen molar-refractivity contribution in [2.24, 2.45) is 0 Å². The number of nitrogens with zero attached hydrogens (tertiary/aromatic N) is 1. The Balaban J connectivity index is 1.74. The lowest BCUT2D eigenvalue weighted by Gasteiger charge is -2.05. The van der Waals surface area contributed by atoms with Crippen molar-refractivity contribution in [3.05, 3.63) is 77.3 Å². The van der Waals surface area contributed by atoms with Crippen LogP contribution >= 0.6 is 0 Å². The van der Waals surface area contributed by atoms with Crippen molar-refractivity contribution < 1.29 is 17.3 Å². The van der Waals surface area contributed by atoms with E-state index in [1.54, 1.807) is 31.2 Å². The van der Waals surface area contributed by atoms with Crippen LogP contribution in [0, 0.1) is 12.7 Å². The summed E-state index contributed by atoms with van der Waals surface area (Å²) in [5, 5.41) is 3.61. The van der Waals surface area contributed by atoms with Gasteiger partial charge in [-0.3, -0.25) is 4.72 Å². The molecule has 2 aromatic carbocycles. The summed E-state index contributed by atoms with van der Waals surface area (Å²) in [4.78, 5) is 0.118. The molecule has 0 bridgehead atoms. The van der Waals surface area contributed by atoms with E-state index in [1.165, 1.54) is 30.3 Å².